The van der Waals surface area contributed by atoms with E-state index in [9.17, 15) is 13.2 Å². The third-order valence-electron chi connectivity index (χ3n) is 5.66. The lowest BCUT2D eigenvalue weighted by Crippen LogP contribution is -2.30. The van der Waals surface area contributed by atoms with Crippen LogP contribution >= 0.6 is 0 Å². The van der Waals surface area contributed by atoms with Crippen LogP contribution in [0, 0.1) is 13.8 Å². The highest BCUT2D eigenvalue weighted by molar-refractivity contribution is 7.92. The molecule has 7 nitrogen and oxygen atoms in total. The van der Waals surface area contributed by atoms with Crippen LogP contribution in [0.25, 0.3) is 5.69 Å². The number of anilines is 1. The van der Waals surface area contributed by atoms with E-state index < -0.39 is 10.0 Å². The summed E-state index contributed by atoms with van der Waals surface area (Å²) in [7, 11) is -2.36. The maximum Gasteiger partial charge on any atom is 0.264 e. The summed E-state index contributed by atoms with van der Waals surface area (Å²) in [6.07, 6.45) is 3.64. The van der Waals surface area contributed by atoms with Gasteiger partial charge in [0.15, 0.2) is 0 Å². The number of amides is 1. The van der Waals surface area contributed by atoms with Crippen LogP contribution in [0.4, 0.5) is 5.69 Å². The van der Waals surface area contributed by atoms with E-state index in [-0.39, 0.29) is 16.4 Å². The normalized spacial score (nSPS) is 11.3. The fourth-order valence-electron chi connectivity index (χ4n) is 3.64. The van der Waals surface area contributed by atoms with E-state index in [1.807, 2.05) is 48.9 Å². The first-order valence-electron chi connectivity index (χ1n) is 10.8. The molecule has 3 aromatic carbocycles. The van der Waals surface area contributed by atoms with Crippen LogP contribution in [-0.4, -0.2) is 30.9 Å². The average molecular weight is 475 g/mol. The largest absolute Gasteiger partial charge is 0.348 e. The number of aryl methyl sites for hydroxylation is 2. The molecule has 0 aliphatic heterocycles. The molecule has 174 valence electrons. The molecule has 0 saturated carbocycles. The van der Waals surface area contributed by atoms with Gasteiger partial charge in [-0.2, -0.15) is 0 Å². The smallest absolute Gasteiger partial charge is 0.264 e. The number of para-hydroxylation sites is 1. The van der Waals surface area contributed by atoms with Gasteiger partial charge in [-0.15, -0.1) is 0 Å². The summed E-state index contributed by atoms with van der Waals surface area (Å²) in [5, 5.41) is 2.90. The lowest BCUT2D eigenvalue weighted by Gasteiger charge is -2.22. The molecule has 1 aromatic heterocycles. The van der Waals surface area contributed by atoms with E-state index in [2.05, 4.69) is 10.3 Å². The van der Waals surface area contributed by atoms with Crippen LogP contribution < -0.4 is 9.62 Å². The zero-order chi connectivity index (χ0) is 24.3. The highest BCUT2D eigenvalue weighted by Gasteiger charge is 2.25. The summed E-state index contributed by atoms with van der Waals surface area (Å²) in [5.41, 5.74) is 3.47. The minimum atomic E-state index is -3.82. The molecule has 0 unspecified atom stereocenters. The Morgan fingerprint density at radius 1 is 0.971 bits per heavy atom. The molecule has 0 bridgehead atoms. The predicted molar refractivity (Wildman–Crippen MR) is 133 cm³/mol. The Bertz CT molecular complexity index is 1410. The van der Waals surface area contributed by atoms with Crippen molar-refractivity contribution in [2.75, 3.05) is 11.4 Å². The van der Waals surface area contributed by atoms with E-state index in [1.54, 1.807) is 54.7 Å². The Morgan fingerprint density at radius 2 is 1.65 bits per heavy atom. The highest BCUT2D eigenvalue weighted by Crippen LogP contribution is 2.26. The van der Waals surface area contributed by atoms with Crippen molar-refractivity contribution in [2.24, 2.45) is 0 Å². The molecule has 4 rings (SSSR count). The van der Waals surface area contributed by atoms with Crippen LogP contribution in [0.3, 0.4) is 0 Å². The molecule has 34 heavy (non-hydrogen) atoms. The van der Waals surface area contributed by atoms with Crippen molar-refractivity contribution >= 4 is 21.6 Å². The SMILES string of the molecule is Cc1ccc(S(=O)(=O)N(C)c2ccccc2C(=O)NCc2ccc(-n3ccnc3C)cc2)cc1. The fourth-order valence-corrected chi connectivity index (χ4v) is 4.86. The summed E-state index contributed by atoms with van der Waals surface area (Å²) in [4.78, 5) is 17.4. The Hall–Kier alpha value is -3.91. The molecule has 1 N–H and O–H groups in total. The molecule has 0 saturated heterocycles. The average Bonchev–Trinajstić information content (AvgIpc) is 3.28. The minimum Gasteiger partial charge on any atom is -0.348 e. The number of nitrogens with zero attached hydrogens (tertiary/aromatic N) is 3. The first-order valence-corrected chi connectivity index (χ1v) is 12.2. The maximum absolute atomic E-state index is 13.1. The summed E-state index contributed by atoms with van der Waals surface area (Å²) in [6, 6.07) is 21.1. The van der Waals surface area contributed by atoms with Gasteiger partial charge in [0, 0.05) is 31.7 Å². The van der Waals surface area contributed by atoms with Gasteiger partial charge in [0.2, 0.25) is 0 Å². The van der Waals surface area contributed by atoms with Crippen LogP contribution in [0.5, 0.6) is 0 Å². The zero-order valence-electron chi connectivity index (χ0n) is 19.3. The Labute approximate surface area is 199 Å². The second kappa shape index (κ2) is 9.52. The molecule has 0 radical (unpaired) electrons. The van der Waals surface area contributed by atoms with E-state index >= 15 is 0 Å². The number of hydrogen-bond acceptors (Lipinski definition) is 4. The molecule has 0 fully saturated rings. The first kappa shape index (κ1) is 23.3. The molecule has 4 aromatic rings. The second-order valence-electron chi connectivity index (χ2n) is 8.00. The number of imidazole rings is 1. The van der Waals surface area contributed by atoms with Gasteiger partial charge in [0.05, 0.1) is 16.1 Å². The van der Waals surface area contributed by atoms with Crippen molar-refractivity contribution in [2.45, 2.75) is 25.3 Å². The number of rotatable bonds is 7. The Morgan fingerprint density at radius 3 is 2.29 bits per heavy atom. The number of aromatic nitrogens is 2. The van der Waals surface area contributed by atoms with Crippen LogP contribution in [0.15, 0.2) is 90.1 Å². The maximum atomic E-state index is 13.1. The number of sulfonamides is 1. The van der Waals surface area contributed by atoms with Crippen molar-refractivity contribution in [3.8, 4) is 5.69 Å². The molecule has 8 heteroatoms. The van der Waals surface area contributed by atoms with Gasteiger partial charge < -0.3 is 9.88 Å². The van der Waals surface area contributed by atoms with E-state index in [4.69, 9.17) is 0 Å². The topological polar surface area (TPSA) is 84.3 Å². The summed E-state index contributed by atoms with van der Waals surface area (Å²) >= 11 is 0. The van der Waals surface area contributed by atoms with Crippen molar-refractivity contribution < 1.29 is 13.2 Å². The third kappa shape index (κ3) is 4.72. The standard InChI is InChI=1S/C26H26N4O3S/c1-19-8-14-23(15-9-19)34(32,33)29(3)25-7-5-4-6-24(25)26(31)28-18-21-10-12-22(13-11-21)30-17-16-27-20(30)2/h4-17H,18H2,1-3H3,(H,28,31). The van der Waals surface area contributed by atoms with Gasteiger partial charge in [-0.25, -0.2) is 13.4 Å². The number of hydrogen-bond donors (Lipinski definition) is 1. The molecular weight excluding hydrogens is 448 g/mol. The Balaban J connectivity index is 1.50. The van der Waals surface area contributed by atoms with E-state index in [0.29, 0.717) is 12.2 Å². The van der Waals surface area contributed by atoms with E-state index in [0.717, 1.165) is 26.9 Å². The fraction of sp³-hybridized carbons (Fsp3) is 0.154. The van der Waals surface area contributed by atoms with Crippen molar-refractivity contribution in [3.63, 3.8) is 0 Å². The van der Waals surface area contributed by atoms with Gasteiger partial charge in [-0.3, -0.25) is 9.10 Å². The molecule has 1 amide bonds. The molecule has 0 atom stereocenters. The summed E-state index contributed by atoms with van der Waals surface area (Å²) < 4.78 is 29.4. The molecule has 0 aliphatic rings. The van der Waals surface area contributed by atoms with Gasteiger partial charge in [-0.1, -0.05) is 42.0 Å². The van der Waals surface area contributed by atoms with Crippen LogP contribution in [0.1, 0.15) is 27.3 Å². The molecule has 1 heterocycles. The monoisotopic (exact) mass is 474 g/mol. The van der Waals surface area contributed by atoms with Crippen molar-refractivity contribution in [1.29, 1.82) is 0 Å². The molecule has 0 aliphatic carbocycles. The first-order chi connectivity index (χ1) is 16.3. The quantitative estimate of drug-likeness (QED) is 0.434. The lowest BCUT2D eigenvalue weighted by molar-refractivity contribution is 0.0951. The van der Waals surface area contributed by atoms with Gasteiger partial charge in [0.1, 0.15) is 5.82 Å². The summed E-state index contributed by atoms with van der Waals surface area (Å²) in [5.74, 6) is 0.540. The van der Waals surface area contributed by atoms with Crippen molar-refractivity contribution in [1.82, 2.24) is 14.9 Å². The van der Waals surface area contributed by atoms with Gasteiger partial charge in [-0.05, 0) is 55.8 Å². The molecular formula is C26H26N4O3S. The van der Waals surface area contributed by atoms with Gasteiger partial charge in [0.25, 0.3) is 15.9 Å². The van der Waals surface area contributed by atoms with Gasteiger partial charge >= 0.3 is 0 Å². The Kier molecular flexibility index (Phi) is 6.51. The number of carbonyl (C=O) groups is 1. The van der Waals surface area contributed by atoms with Crippen LogP contribution in [0.2, 0.25) is 0 Å². The van der Waals surface area contributed by atoms with Crippen molar-refractivity contribution in [3.05, 3.63) is 108 Å². The number of benzene rings is 3. The number of nitrogens with one attached hydrogen (secondary N) is 1. The highest BCUT2D eigenvalue weighted by atomic mass is 32.2. The third-order valence-corrected chi connectivity index (χ3v) is 7.45. The molecule has 0 spiro atoms. The van der Waals surface area contributed by atoms with E-state index in [1.165, 1.54) is 7.05 Å². The van der Waals surface area contributed by atoms with Crippen LogP contribution in [-0.2, 0) is 16.6 Å². The minimum absolute atomic E-state index is 0.170. The predicted octanol–water partition coefficient (Wildman–Crippen LogP) is 4.24. The second-order valence-corrected chi connectivity index (χ2v) is 9.97. The summed E-state index contributed by atoms with van der Waals surface area (Å²) in [6.45, 7) is 4.14. The lowest BCUT2D eigenvalue weighted by atomic mass is 10.1. The number of carbonyl (C=O) groups excluding carboxylic acids is 1. The zero-order valence-corrected chi connectivity index (χ0v) is 20.1.